The fourth-order valence-electron chi connectivity index (χ4n) is 4.24. The molecule has 0 bridgehead atoms. The second-order valence-corrected chi connectivity index (χ2v) is 8.83. The van der Waals surface area contributed by atoms with E-state index in [1.165, 1.54) is 38.4 Å². The number of ketones is 1. The normalized spacial score (nSPS) is 16.8. The Labute approximate surface area is 218 Å². The third-order valence-electron chi connectivity index (χ3n) is 6.09. The first-order chi connectivity index (χ1) is 17.2. The Hall–Kier alpha value is -3.68. The molecule has 4 rings (SSSR count). The van der Waals surface area contributed by atoms with Crippen molar-refractivity contribution in [2.24, 2.45) is 0 Å². The summed E-state index contributed by atoms with van der Waals surface area (Å²) in [4.78, 5) is 28.2. The molecule has 0 radical (unpaired) electrons. The Morgan fingerprint density at radius 3 is 2.22 bits per heavy atom. The van der Waals surface area contributed by atoms with Crippen LogP contribution < -0.4 is 19.1 Å². The Kier molecular flexibility index (Phi) is 7.15. The number of aliphatic hydroxyl groups is 1. The van der Waals surface area contributed by atoms with Crippen molar-refractivity contribution in [3.8, 4) is 17.2 Å². The summed E-state index contributed by atoms with van der Waals surface area (Å²) in [5, 5.41) is 12.1. The first-order valence-corrected chi connectivity index (χ1v) is 11.6. The molecule has 1 amide bonds. The number of rotatable bonds is 6. The number of anilines is 1. The SMILES string of the molecule is COc1cc(/C(O)=C2\C(=O)C(=O)N(c3cccc(Cl)c3C)C2c2ccc(OC)c(OC)c2)ccc1Cl. The second kappa shape index (κ2) is 10.1. The van der Waals surface area contributed by atoms with Gasteiger partial charge >= 0.3 is 0 Å². The molecule has 1 N–H and O–H groups in total. The van der Waals surface area contributed by atoms with Crippen LogP contribution in [0.5, 0.6) is 17.2 Å². The molecule has 1 saturated heterocycles. The zero-order valence-electron chi connectivity index (χ0n) is 20.0. The van der Waals surface area contributed by atoms with Crippen molar-refractivity contribution in [2.75, 3.05) is 26.2 Å². The van der Waals surface area contributed by atoms with Gasteiger partial charge in [-0.3, -0.25) is 14.5 Å². The van der Waals surface area contributed by atoms with Crippen LogP contribution >= 0.6 is 23.2 Å². The van der Waals surface area contributed by atoms with Crippen LogP contribution in [0.3, 0.4) is 0 Å². The number of amides is 1. The summed E-state index contributed by atoms with van der Waals surface area (Å²) in [6.45, 7) is 1.76. The predicted molar refractivity (Wildman–Crippen MR) is 139 cm³/mol. The molecule has 0 saturated carbocycles. The summed E-state index contributed by atoms with van der Waals surface area (Å²) in [5.41, 5.74) is 1.74. The van der Waals surface area contributed by atoms with Crippen molar-refractivity contribution in [1.82, 2.24) is 0 Å². The van der Waals surface area contributed by atoms with E-state index in [2.05, 4.69) is 0 Å². The molecule has 0 spiro atoms. The van der Waals surface area contributed by atoms with Gasteiger partial charge in [-0.05, 0) is 60.5 Å². The lowest BCUT2D eigenvalue weighted by Crippen LogP contribution is -2.30. The molecule has 7 nitrogen and oxygen atoms in total. The third kappa shape index (κ3) is 4.25. The Morgan fingerprint density at radius 1 is 0.861 bits per heavy atom. The topological polar surface area (TPSA) is 85.3 Å². The number of halogens is 2. The van der Waals surface area contributed by atoms with E-state index in [1.54, 1.807) is 49.4 Å². The summed E-state index contributed by atoms with van der Waals surface area (Å²) in [7, 11) is 4.43. The number of methoxy groups -OCH3 is 3. The molecule has 186 valence electrons. The first kappa shape index (κ1) is 25.4. The number of aliphatic hydroxyl groups excluding tert-OH is 1. The van der Waals surface area contributed by atoms with Crippen molar-refractivity contribution in [2.45, 2.75) is 13.0 Å². The molecular formula is C27H23Cl2NO6. The smallest absolute Gasteiger partial charge is 0.300 e. The lowest BCUT2D eigenvalue weighted by atomic mass is 9.94. The average Bonchev–Trinajstić information content (AvgIpc) is 3.15. The maximum atomic E-state index is 13.4. The van der Waals surface area contributed by atoms with E-state index in [4.69, 9.17) is 37.4 Å². The summed E-state index contributed by atoms with van der Waals surface area (Å²) >= 11 is 12.5. The quantitative estimate of drug-likeness (QED) is 0.242. The van der Waals surface area contributed by atoms with Gasteiger partial charge in [0.1, 0.15) is 11.5 Å². The van der Waals surface area contributed by atoms with Gasteiger partial charge in [-0.25, -0.2) is 0 Å². The largest absolute Gasteiger partial charge is 0.507 e. The number of carbonyl (C=O) groups is 2. The van der Waals surface area contributed by atoms with Gasteiger partial charge < -0.3 is 19.3 Å². The monoisotopic (exact) mass is 527 g/mol. The van der Waals surface area contributed by atoms with Gasteiger partial charge in [0.05, 0.1) is 38.0 Å². The van der Waals surface area contributed by atoms with E-state index in [-0.39, 0.29) is 16.9 Å². The van der Waals surface area contributed by atoms with Crippen molar-refractivity contribution in [3.63, 3.8) is 0 Å². The molecule has 36 heavy (non-hydrogen) atoms. The maximum Gasteiger partial charge on any atom is 0.300 e. The molecule has 1 atom stereocenters. The number of ether oxygens (including phenoxy) is 3. The van der Waals surface area contributed by atoms with Crippen molar-refractivity contribution in [1.29, 1.82) is 0 Å². The Bertz CT molecular complexity index is 1400. The van der Waals surface area contributed by atoms with Crippen LogP contribution in [-0.4, -0.2) is 38.1 Å². The van der Waals surface area contributed by atoms with Gasteiger partial charge in [-0.2, -0.15) is 0 Å². The minimum atomic E-state index is -0.983. The lowest BCUT2D eigenvalue weighted by Gasteiger charge is -2.27. The van der Waals surface area contributed by atoms with E-state index in [9.17, 15) is 14.7 Å². The highest BCUT2D eigenvalue weighted by Gasteiger charge is 2.47. The number of hydrogen-bond acceptors (Lipinski definition) is 6. The summed E-state index contributed by atoms with van der Waals surface area (Å²) < 4.78 is 16.1. The molecule has 0 aliphatic carbocycles. The molecule has 1 aliphatic heterocycles. The first-order valence-electron chi connectivity index (χ1n) is 10.8. The van der Waals surface area contributed by atoms with Crippen LogP contribution in [0.15, 0.2) is 60.2 Å². The highest BCUT2D eigenvalue weighted by Crippen LogP contribution is 2.46. The van der Waals surface area contributed by atoms with Gasteiger partial charge in [0.15, 0.2) is 11.5 Å². The Balaban J connectivity index is 2.01. The molecule has 3 aromatic rings. The molecule has 1 fully saturated rings. The van der Waals surface area contributed by atoms with Crippen LogP contribution in [-0.2, 0) is 9.59 Å². The number of benzene rings is 3. The van der Waals surface area contributed by atoms with Crippen molar-refractivity contribution >= 4 is 46.3 Å². The molecule has 1 unspecified atom stereocenters. The molecule has 1 aliphatic rings. The molecule has 9 heteroatoms. The van der Waals surface area contributed by atoms with Gasteiger partial charge in [0.25, 0.3) is 11.7 Å². The van der Waals surface area contributed by atoms with E-state index in [0.717, 1.165) is 0 Å². The van der Waals surface area contributed by atoms with Crippen LogP contribution in [0.25, 0.3) is 5.76 Å². The van der Waals surface area contributed by atoms with Gasteiger partial charge in [0, 0.05) is 16.3 Å². The summed E-state index contributed by atoms with van der Waals surface area (Å²) in [6.07, 6.45) is 0. The Morgan fingerprint density at radius 2 is 1.56 bits per heavy atom. The van der Waals surface area contributed by atoms with E-state index >= 15 is 0 Å². The zero-order chi connectivity index (χ0) is 26.1. The molecule has 3 aromatic carbocycles. The van der Waals surface area contributed by atoms with Crippen LogP contribution in [0, 0.1) is 6.92 Å². The van der Waals surface area contributed by atoms with Crippen LogP contribution in [0.1, 0.15) is 22.7 Å². The third-order valence-corrected chi connectivity index (χ3v) is 6.81. The summed E-state index contributed by atoms with van der Waals surface area (Å²) in [5.74, 6) is -0.840. The van der Waals surface area contributed by atoms with Gasteiger partial charge in [-0.15, -0.1) is 0 Å². The number of hydrogen-bond donors (Lipinski definition) is 1. The van der Waals surface area contributed by atoms with Crippen molar-refractivity contribution in [3.05, 3.63) is 86.9 Å². The highest BCUT2D eigenvalue weighted by atomic mass is 35.5. The van der Waals surface area contributed by atoms with E-state index < -0.39 is 17.7 Å². The van der Waals surface area contributed by atoms with E-state index in [0.29, 0.717) is 44.1 Å². The second-order valence-electron chi connectivity index (χ2n) is 8.02. The maximum absolute atomic E-state index is 13.4. The number of nitrogens with zero attached hydrogens (tertiary/aromatic N) is 1. The zero-order valence-corrected chi connectivity index (χ0v) is 21.5. The summed E-state index contributed by atoms with van der Waals surface area (Å²) in [6, 6.07) is 13.7. The van der Waals surface area contributed by atoms with Crippen LogP contribution in [0.2, 0.25) is 10.0 Å². The average molecular weight is 528 g/mol. The molecule has 1 heterocycles. The molecular weight excluding hydrogens is 505 g/mol. The fraction of sp³-hybridized carbons (Fsp3) is 0.185. The van der Waals surface area contributed by atoms with Gasteiger partial charge in [0.2, 0.25) is 0 Å². The highest BCUT2D eigenvalue weighted by molar-refractivity contribution is 6.52. The van der Waals surface area contributed by atoms with Gasteiger partial charge in [-0.1, -0.05) is 35.3 Å². The standard InChI is InChI=1S/C27H23Cl2NO6/c1-14-17(28)6-5-7-19(14)30-24(15-9-11-20(34-2)22(12-15)36-4)23(26(32)27(30)33)25(31)16-8-10-18(29)21(13-16)35-3/h5-13,24,31H,1-4H3/b25-23+. The predicted octanol–water partition coefficient (Wildman–Crippen LogP) is 5.95. The minimum absolute atomic E-state index is 0.101. The minimum Gasteiger partial charge on any atom is -0.507 e. The number of carbonyl (C=O) groups excluding carboxylic acids is 2. The fourth-order valence-corrected chi connectivity index (χ4v) is 4.60. The number of Topliss-reactive ketones (excluding diaryl/α,β-unsaturated/α-hetero) is 1. The molecule has 0 aromatic heterocycles. The van der Waals surface area contributed by atoms with Crippen molar-refractivity contribution < 1.29 is 28.9 Å². The van der Waals surface area contributed by atoms with E-state index in [1.807, 2.05) is 0 Å². The van der Waals surface area contributed by atoms with Crippen LogP contribution in [0.4, 0.5) is 5.69 Å². The lowest BCUT2D eigenvalue weighted by molar-refractivity contribution is -0.132.